The number of aliphatic hydroxyl groups is 1. The van der Waals surface area contributed by atoms with E-state index in [9.17, 15) is 9.90 Å². The van der Waals surface area contributed by atoms with Crippen LogP contribution in [0.4, 0.5) is 0 Å². The molecule has 1 aromatic rings. The smallest absolute Gasteiger partial charge is 0.267 e. The molecule has 0 saturated carbocycles. The van der Waals surface area contributed by atoms with E-state index in [1.165, 1.54) is 0 Å². The lowest BCUT2D eigenvalue weighted by atomic mass is 9.95. The number of H-pyrrole nitrogens is 1. The van der Waals surface area contributed by atoms with E-state index in [2.05, 4.69) is 40.1 Å². The fourth-order valence-electron chi connectivity index (χ4n) is 1.55. The number of rotatable bonds is 6. The maximum atomic E-state index is 11.8. The molecule has 3 N–H and O–H groups in total. The highest BCUT2D eigenvalue weighted by molar-refractivity contribution is 9.10. The summed E-state index contributed by atoms with van der Waals surface area (Å²) in [6.45, 7) is 6.24. The average molecular weight is 317 g/mol. The van der Waals surface area contributed by atoms with Crippen LogP contribution in [0.1, 0.15) is 44.1 Å². The van der Waals surface area contributed by atoms with Crippen molar-refractivity contribution in [3.8, 4) is 0 Å². The Hall–Kier alpha value is -0.810. The van der Waals surface area contributed by atoms with E-state index in [1.54, 1.807) is 19.2 Å². The number of carbonyl (C=O) groups is 1. The van der Waals surface area contributed by atoms with Gasteiger partial charge in [0.2, 0.25) is 0 Å². The lowest BCUT2D eigenvalue weighted by molar-refractivity contribution is 0.0428. The highest BCUT2D eigenvalue weighted by Gasteiger charge is 2.22. The standard InChI is InChI=1S/C13H21BrN2O2/c1-9(2)4-5-13(3,18)8-16-12(17)11-6-10(14)7-15-11/h6-7,9,15,18H,4-5,8H2,1-3H3,(H,16,17). The van der Waals surface area contributed by atoms with Crippen LogP contribution in [0.2, 0.25) is 0 Å². The number of amides is 1. The Balaban J connectivity index is 2.42. The van der Waals surface area contributed by atoms with Gasteiger partial charge >= 0.3 is 0 Å². The molecule has 1 rings (SSSR count). The molecule has 102 valence electrons. The summed E-state index contributed by atoms with van der Waals surface area (Å²) >= 11 is 3.27. The maximum Gasteiger partial charge on any atom is 0.267 e. The largest absolute Gasteiger partial charge is 0.388 e. The Kier molecular flexibility index (Phi) is 5.41. The molecule has 0 aliphatic heterocycles. The highest BCUT2D eigenvalue weighted by atomic mass is 79.9. The number of hydrogen-bond donors (Lipinski definition) is 3. The second kappa shape index (κ2) is 6.38. The molecular formula is C13H21BrN2O2. The van der Waals surface area contributed by atoms with Crippen LogP contribution in [-0.2, 0) is 0 Å². The number of nitrogens with one attached hydrogen (secondary N) is 2. The van der Waals surface area contributed by atoms with Crippen molar-refractivity contribution >= 4 is 21.8 Å². The minimum atomic E-state index is -0.857. The van der Waals surface area contributed by atoms with E-state index in [1.807, 2.05) is 0 Å². The number of aromatic amines is 1. The van der Waals surface area contributed by atoms with E-state index in [4.69, 9.17) is 0 Å². The zero-order valence-electron chi connectivity index (χ0n) is 11.1. The molecule has 0 aliphatic carbocycles. The Morgan fingerprint density at radius 2 is 2.28 bits per heavy atom. The van der Waals surface area contributed by atoms with Crippen molar-refractivity contribution < 1.29 is 9.90 Å². The Morgan fingerprint density at radius 1 is 1.61 bits per heavy atom. The Bertz CT molecular complexity index is 399. The van der Waals surface area contributed by atoms with Gasteiger partial charge in [-0.05, 0) is 47.7 Å². The predicted octanol–water partition coefficient (Wildman–Crippen LogP) is 2.69. The van der Waals surface area contributed by atoms with Crippen LogP contribution in [-0.4, -0.2) is 28.1 Å². The fourth-order valence-corrected chi connectivity index (χ4v) is 1.90. The Labute approximate surface area is 116 Å². The first-order chi connectivity index (χ1) is 8.30. The van der Waals surface area contributed by atoms with Crippen molar-refractivity contribution in [2.24, 2.45) is 5.92 Å². The molecule has 18 heavy (non-hydrogen) atoms. The van der Waals surface area contributed by atoms with Crippen LogP contribution in [0.25, 0.3) is 0 Å². The van der Waals surface area contributed by atoms with Gasteiger partial charge in [-0.15, -0.1) is 0 Å². The molecule has 1 aromatic heterocycles. The molecule has 4 nitrogen and oxygen atoms in total. The van der Waals surface area contributed by atoms with Crippen molar-refractivity contribution in [3.05, 3.63) is 22.4 Å². The molecule has 0 spiro atoms. The van der Waals surface area contributed by atoms with E-state index in [0.29, 0.717) is 18.0 Å². The topological polar surface area (TPSA) is 65.1 Å². The van der Waals surface area contributed by atoms with Gasteiger partial charge in [0.05, 0.1) is 5.60 Å². The zero-order chi connectivity index (χ0) is 13.8. The molecule has 5 heteroatoms. The summed E-state index contributed by atoms with van der Waals surface area (Å²) in [6, 6.07) is 1.71. The summed E-state index contributed by atoms with van der Waals surface area (Å²) in [5, 5.41) is 12.9. The summed E-state index contributed by atoms with van der Waals surface area (Å²) in [6.07, 6.45) is 3.32. The van der Waals surface area contributed by atoms with Crippen molar-refractivity contribution in [1.82, 2.24) is 10.3 Å². The molecule has 0 radical (unpaired) electrons. The van der Waals surface area contributed by atoms with Gasteiger partial charge in [-0.1, -0.05) is 13.8 Å². The summed E-state index contributed by atoms with van der Waals surface area (Å²) in [4.78, 5) is 14.6. The molecule has 0 bridgehead atoms. The van der Waals surface area contributed by atoms with E-state index in [-0.39, 0.29) is 12.5 Å². The van der Waals surface area contributed by atoms with Crippen molar-refractivity contribution in [1.29, 1.82) is 0 Å². The van der Waals surface area contributed by atoms with Crippen LogP contribution in [0.5, 0.6) is 0 Å². The normalized spacial score (nSPS) is 14.6. The third kappa shape index (κ3) is 5.23. The lowest BCUT2D eigenvalue weighted by Gasteiger charge is -2.24. The molecular weight excluding hydrogens is 296 g/mol. The summed E-state index contributed by atoms with van der Waals surface area (Å²) in [5.41, 5.74) is -0.370. The second-order valence-electron chi connectivity index (χ2n) is 5.34. The molecule has 1 unspecified atom stereocenters. The van der Waals surface area contributed by atoms with Gasteiger partial charge in [0.15, 0.2) is 0 Å². The maximum absolute atomic E-state index is 11.8. The SMILES string of the molecule is CC(C)CCC(C)(O)CNC(=O)c1cc(Br)c[nH]1. The van der Waals surface area contributed by atoms with Crippen LogP contribution < -0.4 is 5.32 Å². The van der Waals surface area contributed by atoms with E-state index < -0.39 is 5.60 Å². The van der Waals surface area contributed by atoms with E-state index in [0.717, 1.165) is 10.9 Å². The van der Waals surface area contributed by atoms with Gasteiger partial charge < -0.3 is 15.4 Å². The monoisotopic (exact) mass is 316 g/mol. The molecule has 1 amide bonds. The average Bonchev–Trinajstić information content (AvgIpc) is 2.70. The fraction of sp³-hybridized carbons (Fsp3) is 0.615. The van der Waals surface area contributed by atoms with Crippen molar-refractivity contribution in [2.45, 2.75) is 39.2 Å². The van der Waals surface area contributed by atoms with Crippen molar-refractivity contribution in [2.75, 3.05) is 6.54 Å². The van der Waals surface area contributed by atoms with Gasteiger partial charge in [0.1, 0.15) is 5.69 Å². The van der Waals surface area contributed by atoms with Gasteiger partial charge in [0.25, 0.3) is 5.91 Å². The summed E-state index contributed by atoms with van der Waals surface area (Å²) < 4.78 is 0.833. The first-order valence-corrected chi connectivity index (χ1v) is 6.94. The minimum Gasteiger partial charge on any atom is -0.388 e. The molecule has 1 atom stereocenters. The summed E-state index contributed by atoms with van der Waals surface area (Å²) in [5.74, 6) is 0.345. The van der Waals surface area contributed by atoms with Crippen LogP contribution >= 0.6 is 15.9 Å². The number of halogens is 1. The van der Waals surface area contributed by atoms with E-state index >= 15 is 0 Å². The van der Waals surface area contributed by atoms with Gasteiger partial charge in [-0.2, -0.15) is 0 Å². The minimum absolute atomic E-state index is 0.203. The molecule has 0 aliphatic rings. The third-order valence-electron chi connectivity index (χ3n) is 2.78. The van der Waals surface area contributed by atoms with Crippen LogP contribution in [0, 0.1) is 5.92 Å². The number of carbonyl (C=O) groups excluding carboxylic acids is 1. The Morgan fingerprint density at radius 3 is 2.78 bits per heavy atom. The first-order valence-electron chi connectivity index (χ1n) is 6.15. The predicted molar refractivity (Wildman–Crippen MR) is 75.5 cm³/mol. The van der Waals surface area contributed by atoms with Crippen LogP contribution in [0.3, 0.4) is 0 Å². The highest BCUT2D eigenvalue weighted by Crippen LogP contribution is 2.16. The van der Waals surface area contributed by atoms with Crippen LogP contribution in [0.15, 0.2) is 16.7 Å². The quantitative estimate of drug-likeness (QED) is 0.755. The zero-order valence-corrected chi connectivity index (χ0v) is 12.7. The number of aromatic nitrogens is 1. The van der Waals surface area contributed by atoms with Gasteiger partial charge in [-0.25, -0.2) is 0 Å². The second-order valence-corrected chi connectivity index (χ2v) is 6.26. The van der Waals surface area contributed by atoms with Gasteiger partial charge in [-0.3, -0.25) is 4.79 Å². The summed E-state index contributed by atoms with van der Waals surface area (Å²) in [7, 11) is 0. The molecule has 1 heterocycles. The molecule has 0 fully saturated rings. The first kappa shape index (κ1) is 15.2. The number of hydrogen-bond acceptors (Lipinski definition) is 2. The third-order valence-corrected chi connectivity index (χ3v) is 3.24. The van der Waals surface area contributed by atoms with Crippen molar-refractivity contribution in [3.63, 3.8) is 0 Å². The lowest BCUT2D eigenvalue weighted by Crippen LogP contribution is -2.40. The van der Waals surface area contributed by atoms with Gasteiger partial charge in [0, 0.05) is 17.2 Å². The molecule has 0 aromatic carbocycles. The molecule has 0 saturated heterocycles.